The lowest BCUT2D eigenvalue weighted by molar-refractivity contribution is 0.277. The zero-order valence-electron chi connectivity index (χ0n) is 15.0. The third-order valence-corrected chi connectivity index (χ3v) is 4.84. The number of likely N-dealkylation sites (tertiary alicyclic amines) is 1. The number of hydrogen-bond acceptors (Lipinski definition) is 4. The third-order valence-electron chi connectivity index (χ3n) is 4.84. The molecule has 0 amide bonds. The van der Waals surface area contributed by atoms with Crippen molar-refractivity contribution >= 4 is 5.69 Å². The largest absolute Gasteiger partial charge is 0.504 e. The van der Waals surface area contributed by atoms with Crippen LogP contribution in [0.15, 0.2) is 42.5 Å². The maximum atomic E-state index is 10.1. The minimum atomic E-state index is 0.204. The molecule has 1 aliphatic rings. The molecule has 25 heavy (non-hydrogen) atoms. The average molecular weight is 340 g/mol. The molecule has 0 saturated carbocycles. The smallest absolute Gasteiger partial charge is 0.162 e. The lowest BCUT2D eigenvalue weighted by atomic mass is 10.1. The van der Waals surface area contributed by atoms with Gasteiger partial charge in [0.15, 0.2) is 11.5 Å². The van der Waals surface area contributed by atoms with Crippen LogP contribution in [0.4, 0.5) is 5.69 Å². The molecule has 0 bridgehead atoms. The maximum Gasteiger partial charge on any atom is 0.162 e. The first-order valence-electron chi connectivity index (χ1n) is 9.16. The summed E-state index contributed by atoms with van der Waals surface area (Å²) in [4.78, 5) is 2.56. The van der Waals surface area contributed by atoms with Gasteiger partial charge in [-0.2, -0.15) is 0 Å². The van der Waals surface area contributed by atoms with E-state index in [-0.39, 0.29) is 5.75 Å². The van der Waals surface area contributed by atoms with E-state index in [1.54, 1.807) is 13.2 Å². The van der Waals surface area contributed by atoms with Crippen molar-refractivity contribution in [1.82, 2.24) is 4.90 Å². The van der Waals surface area contributed by atoms with Gasteiger partial charge in [0.05, 0.1) is 7.11 Å². The second kappa shape index (κ2) is 8.77. The lowest BCUT2D eigenvalue weighted by Crippen LogP contribution is -2.23. The number of phenolic OH excluding ortho intramolecular Hbond substituents is 1. The van der Waals surface area contributed by atoms with Crippen molar-refractivity contribution in [2.75, 3.05) is 25.5 Å². The highest BCUT2D eigenvalue weighted by Crippen LogP contribution is 2.29. The number of nitrogens with zero attached hydrogens (tertiary/aromatic N) is 1. The summed E-state index contributed by atoms with van der Waals surface area (Å²) in [5, 5.41) is 13.5. The van der Waals surface area contributed by atoms with Gasteiger partial charge in [0.1, 0.15) is 0 Å². The van der Waals surface area contributed by atoms with Crippen LogP contribution in [0.2, 0.25) is 0 Å². The lowest BCUT2D eigenvalue weighted by Gasteiger charge is -2.20. The quantitative estimate of drug-likeness (QED) is 0.819. The molecule has 0 aromatic heterocycles. The number of aromatic hydroxyl groups is 1. The number of rotatable bonds is 6. The van der Waals surface area contributed by atoms with Gasteiger partial charge in [0.2, 0.25) is 0 Å². The molecule has 1 saturated heterocycles. The normalized spacial score (nSPS) is 15.6. The molecule has 1 fully saturated rings. The number of para-hydroxylation sites is 1. The summed E-state index contributed by atoms with van der Waals surface area (Å²) in [6, 6.07) is 14.2. The van der Waals surface area contributed by atoms with Gasteiger partial charge in [0.25, 0.3) is 0 Å². The standard InChI is InChI=1S/C21H28N2O2/c1-25-20-8-6-7-18(21(20)24)15-22-19-11-9-17(10-12-19)16-23-13-4-2-3-5-14-23/h6-12,22,24H,2-5,13-16H2,1H3. The molecule has 0 atom stereocenters. The zero-order valence-corrected chi connectivity index (χ0v) is 15.0. The van der Waals surface area contributed by atoms with Crippen LogP contribution in [0.5, 0.6) is 11.5 Å². The Morgan fingerprint density at radius 2 is 1.72 bits per heavy atom. The number of anilines is 1. The average Bonchev–Trinajstić information content (AvgIpc) is 2.91. The maximum absolute atomic E-state index is 10.1. The number of nitrogens with one attached hydrogen (secondary N) is 1. The summed E-state index contributed by atoms with van der Waals surface area (Å²) >= 11 is 0. The van der Waals surface area contributed by atoms with Crippen molar-refractivity contribution in [3.8, 4) is 11.5 Å². The van der Waals surface area contributed by atoms with Crippen LogP contribution >= 0.6 is 0 Å². The first kappa shape index (κ1) is 17.6. The predicted molar refractivity (Wildman–Crippen MR) is 102 cm³/mol. The van der Waals surface area contributed by atoms with Crippen LogP contribution in [0.1, 0.15) is 36.8 Å². The van der Waals surface area contributed by atoms with Crippen molar-refractivity contribution in [1.29, 1.82) is 0 Å². The van der Waals surface area contributed by atoms with Crippen LogP contribution in [0.3, 0.4) is 0 Å². The van der Waals surface area contributed by atoms with E-state index in [2.05, 4.69) is 34.5 Å². The molecule has 1 aliphatic heterocycles. The monoisotopic (exact) mass is 340 g/mol. The number of methoxy groups -OCH3 is 1. The van der Waals surface area contributed by atoms with Gasteiger partial charge in [-0.3, -0.25) is 4.90 Å². The van der Waals surface area contributed by atoms with E-state index in [1.807, 2.05) is 12.1 Å². The highest BCUT2D eigenvalue weighted by atomic mass is 16.5. The van der Waals surface area contributed by atoms with E-state index in [4.69, 9.17) is 4.74 Å². The van der Waals surface area contributed by atoms with Gasteiger partial charge in [-0.15, -0.1) is 0 Å². The van der Waals surface area contributed by atoms with Crippen molar-refractivity contribution in [3.63, 3.8) is 0 Å². The Morgan fingerprint density at radius 1 is 1.00 bits per heavy atom. The van der Waals surface area contributed by atoms with Crippen LogP contribution in [-0.4, -0.2) is 30.2 Å². The Labute approximate surface area is 150 Å². The summed E-state index contributed by atoms with van der Waals surface area (Å²) in [5.74, 6) is 0.711. The SMILES string of the molecule is COc1cccc(CNc2ccc(CN3CCCCCC3)cc2)c1O. The van der Waals surface area contributed by atoms with Crippen molar-refractivity contribution in [2.24, 2.45) is 0 Å². The van der Waals surface area contributed by atoms with Crippen LogP contribution < -0.4 is 10.1 Å². The molecule has 0 spiro atoms. The fraction of sp³-hybridized carbons (Fsp3) is 0.429. The summed E-state index contributed by atoms with van der Waals surface area (Å²) in [6.45, 7) is 4.04. The predicted octanol–water partition coefficient (Wildman–Crippen LogP) is 4.39. The van der Waals surface area contributed by atoms with Gasteiger partial charge in [-0.05, 0) is 49.7 Å². The Kier molecular flexibility index (Phi) is 6.18. The second-order valence-corrected chi connectivity index (χ2v) is 6.71. The van der Waals surface area contributed by atoms with E-state index in [0.29, 0.717) is 12.3 Å². The Hall–Kier alpha value is -2.20. The number of phenols is 1. The summed E-state index contributed by atoms with van der Waals surface area (Å²) in [7, 11) is 1.56. The summed E-state index contributed by atoms with van der Waals surface area (Å²) in [6.07, 6.45) is 5.39. The number of hydrogen-bond donors (Lipinski definition) is 2. The minimum Gasteiger partial charge on any atom is -0.504 e. The van der Waals surface area contributed by atoms with Crippen molar-refractivity contribution in [3.05, 3.63) is 53.6 Å². The van der Waals surface area contributed by atoms with Crippen molar-refractivity contribution in [2.45, 2.75) is 38.8 Å². The Bertz CT molecular complexity index is 662. The Balaban J connectivity index is 1.55. The molecule has 134 valence electrons. The molecule has 0 unspecified atom stereocenters. The van der Waals surface area contributed by atoms with E-state index in [1.165, 1.54) is 44.3 Å². The van der Waals surface area contributed by atoms with E-state index in [0.717, 1.165) is 17.8 Å². The first-order chi connectivity index (χ1) is 12.3. The molecular weight excluding hydrogens is 312 g/mol. The minimum absolute atomic E-state index is 0.204. The van der Waals surface area contributed by atoms with E-state index < -0.39 is 0 Å². The molecule has 0 radical (unpaired) electrons. The summed E-state index contributed by atoms with van der Waals surface area (Å²) in [5.41, 5.74) is 3.24. The Morgan fingerprint density at radius 3 is 2.40 bits per heavy atom. The number of ether oxygens (including phenoxy) is 1. The molecule has 2 N–H and O–H groups in total. The second-order valence-electron chi connectivity index (χ2n) is 6.71. The molecular formula is C21H28N2O2. The van der Waals surface area contributed by atoms with Crippen LogP contribution in [-0.2, 0) is 13.1 Å². The van der Waals surface area contributed by atoms with Gasteiger partial charge >= 0.3 is 0 Å². The van der Waals surface area contributed by atoms with Crippen molar-refractivity contribution < 1.29 is 9.84 Å². The van der Waals surface area contributed by atoms with Gasteiger partial charge in [-0.1, -0.05) is 37.1 Å². The van der Waals surface area contributed by atoms with Crippen LogP contribution in [0.25, 0.3) is 0 Å². The van der Waals surface area contributed by atoms with E-state index >= 15 is 0 Å². The first-order valence-corrected chi connectivity index (χ1v) is 9.16. The molecule has 0 aliphatic carbocycles. The zero-order chi connectivity index (χ0) is 17.5. The summed E-state index contributed by atoms with van der Waals surface area (Å²) < 4.78 is 5.15. The van der Waals surface area contributed by atoms with Gasteiger partial charge in [0, 0.05) is 24.3 Å². The molecule has 1 heterocycles. The number of benzene rings is 2. The molecule has 2 aromatic rings. The highest BCUT2D eigenvalue weighted by Gasteiger charge is 2.10. The van der Waals surface area contributed by atoms with Gasteiger partial charge < -0.3 is 15.2 Å². The van der Waals surface area contributed by atoms with E-state index in [9.17, 15) is 5.11 Å². The molecule has 2 aromatic carbocycles. The molecule has 3 rings (SSSR count). The molecule has 4 nitrogen and oxygen atoms in total. The fourth-order valence-corrected chi connectivity index (χ4v) is 3.35. The fourth-order valence-electron chi connectivity index (χ4n) is 3.35. The third kappa shape index (κ3) is 4.89. The highest BCUT2D eigenvalue weighted by molar-refractivity contribution is 5.49. The van der Waals surface area contributed by atoms with Gasteiger partial charge in [-0.25, -0.2) is 0 Å². The topological polar surface area (TPSA) is 44.7 Å². The van der Waals surface area contributed by atoms with Crippen LogP contribution in [0, 0.1) is 0 Å². The molecule has 4 heteroatoms.